The smallest absolute Gasteiger partial charge is 0.314 e. The van der Waals surface area contributed by atoms with Gasteiger partial charge < -0.3 is 13.9 Å². The second kappa shape index (κ2) is 4.40. The Hall–Kier alpha value is -1.76. The van der Waals surface area contributed by atoms with Crippen molar-refractivity contribution in [3.63, 3.8) is 0 Å². The van der Waals surface area contributed by atoms with E-state index in [4.69, 9.17) is 13.9 Å². The SMILES string of the molecule is Cc1ccc(-c2nnc(SCC(=O)O)o2)o1. The molecule has 0 radical (unpaired) electrons. The first-order valence-electron chi connectivity index (χ1n) is 4.40. The molecule has 0 spiro atoms. The first kappa shape index (κ1) is 10.7. The zero-order valence-electron chi connectivity index (χ0n) is 8.34. The van der Waals surface area contributed by atoms with Gasteiger partial charge >= 0.3 is 5.97 Å². The van der Waals surface area contributed by atoms with E-state index in [9.17, 15) is 4.79 Å². The molecule has 0 aliphatic carbocycles. The van der Waals surface area contributed by atoms with Crippen LogP contribution >= 0.6 is 11.8 Å². The number of hydrogen-bond acceptors (Lipinski definition) is 6. The average molecular weight is 240 g/mol. The Kier molecular flexibility index (Phi) is 2.95. The molecule has 2 aromatic heterocycles. The average Bonchev–Trinajstić information content (AvgIpc) is 2.83. The first-order chi connectivity index (χ1) is 7.65. The summed E-state index contributed by atoms with van der Waals surface area (Å²) in [5, 5.41) is 16.1. The van der Waals surface area contributed by atoms with Gasteiger partial charge in [0.2, 0.25) is 0 Å². The molecule has 16 heavy (non-hydrogen) atoms. The largest absolute Gasteiger partial charge is 0.481 e. The van der Waals surface area contributed by atoms with Crippen molar-refractivity contribution < 1.29 is 18.7 Å². The van der Waals surface area contributed by atoms with E-state index in [0.29, 0.717) is 5.76 Å². The van der Waals surface area contributed by atoms with Gasteiger partial charge in [0.25, 0.3) is 11.1 Å². The van der Waals surface area contributed by atoms with Gasteiger partial charge in [0, 0.05) is 0 Å². The highest BCUT2D eigenvalue weighted by Crippen LogP contribution is 2.24. The molecular weight excluding hydrogens is 232 g/mol. The molecular formula is C9H8N2O4S. The van der Waals surface area contributed by atoms with Crippen LogP contribution in [0.5, 0.6) is 0 Å². The highest BCUT2D eigenvalue weighted by molar-refractivity contribution is 7.99. The van der Waals surface area contributed by atoms with Crippen LogP contribution in [0.15, 0.2) is 26.2 Å². The molecule has 7 heteroatoms. The van der Waals surface area contributed by atoms with Crippen LogP contribution in [-0.2, 0) is 4.79 Å². The molecule has 2 aromatic rings. The summed E-state index contributed by atoms with van der Waals surface area (Å²) in [6.07, 6.45) is 0. The number of aryl methyl sites for hydroxylation is 1. The standard InChI is InChI=1S/C9H8N2O4S/c1-5-2-3-6(14-5)8-10-11-9(15-8)16-4-7(12)13/h2-3H,4H2,1H3,(H,12,13). The summed E-state index contributed by atoms with van der Waals surface area (Å²) in [4.78, 5) is 10.3. The quantitative estimate of drug-likeness (QED) is 0.815. The van der Waals surface area contributed by atoms with Crippen LogP contribution < -0.4 is 0 Å². The van der Waals surface area contributed by atoms with Gasteiger partial charge in [-0.05, 0) is 19.1 Å². The molecule has 2 heterocycles. The number of aliphatic carboxylic acids is 1. The maximum atomic E-state index is 10.3. The van der Waals surface area contributed by atoms with E-state index >= 15 is 0 Å². The lowest BCUT2D eigenvalue weighted by Gasteiger charge is -1.89. The zero-order valence-corrected chi connectivity index (χ0v) is 9.15. The normalized spacial score (nSPS) is 10.6. The molecule has 0 saturated heterocycles. The molecule has 2 rings (SSSR count). The van der Waals surface area contributed by atoms with Crippen LogP contribution in [0, 0.1) is 6.92 Å². The Morgan fingerprint density at radius 3 is 2.88 bits per heavy atom. The number of nitrogens with zero attached hydrogens (tertiary/aromatic N) is 2. The number of carbonyl (C=O) groups is 1. The summed E-state index contributed by atoms with van der Waals surface area (Å²) in [6.45, 7) is 1.81. The fourth-order valence-corrected chi connectivity index (χ4v) is 1.52. The Morgan fingerprint density at radius 1 is 1.44 bits per heavy atom. The van der Waals surface area contributed by atoms with Gasteiger partial charge in [0.05, 0.1) is 0 Å². The number of carboxylic acid groups (broad SMARTS) is 1. The molecule has 0 unspecified atom stereocenters. The summed E-state index contributed by atoms with van der Waals surface area (Å²) in [6, 6.07) is 3.50. The van der Waals surface area contributed by atoms with Crippen molar-refractivity contribution in [3.05, 3.63) is 17.9 Å². The van der Waals surface area contributed by atoms with Gasteiger partial charge in [0.1, 0.15) is 11.5 Å². The van der Waals surface area contributed by atoms with Gasteiger partial charge in [-0.15, -0.1) is 10.2 Å². The van der Waals surface area contributed by atoms with Crippen molar-refractivity contribution >= 4 is 17.7 Å². The maximum absolute atomic E-state index is 10.3. The molecule has 0 bridgehead atoms. The van der Waals surface area contributed by atoms with Crippen molar-refractivity contribution in [2.24, 2.45) is 0 Å². The van der Waals surface area contributed by atoms with Crippen molar-refractivity contribution in [2.75, 3.05) is 5.75 Å². The molecule has 1 N–H and O–H groups in total. The van der Waals surface area contributed by atoms with Crippen LogP contribution in [0.1, 0.15) is 5.76 Å². The topological polar surface area (TPSA) is 89.4 Å². The van der Waals surface area contributed by atoms with Crippen molar-refractivity contribution in [1.29, 1.82) is 0 Å². The van der Waals surface area contributed by atoms with Gasteiger partial charge in [-0.1, -0.05) is 11.8 Å². The Labute approximate surface area is 94.7 Å². The molecule has 84 valence electrons. The lowest BCUT2D eigenvalue weighted by atomic mass is 10.4. The Bertz CT molecular complexity index is 505. The van der Waals surface area contributed by atoms with E-state index in [2.05, 4.69) is 10.2 Å². The van der Waals surface area contributed by atoms with Crippen LogP contribution in [0.3, 0.4) is 0 Å². The predicted molar refractivity (Wildman–Crippen MR) is 55.1 cm³/mol. The third-order valence-electron chi connectivity index (χ3n) is 1.68. The molecule has 0 aromatic carbocycles. The monoisotopic (exact) mass is 240 g/mol. The van der Waals surface area contributed by atoms with Gasteiger partial charge in [0.15, 0.2) is 5.76 Å². The Balaban J connectivity index is 2.10. The number of thioether (sulfide) groups is 1. The number of carboxylic acids is 1. The highest BCUT2D eigenvalue weighted by atomic mass is 32.2. The van der Waals surface area contributed by atoms with Gasteiger partial charge in [-0.3, -0.25) is 4.79 Å². The fraction of sp³-hybridized carbons (Fsp3) is 0.222. The first-order valence-corrected chi connectivity index (χ1v) is 5.38. The second-order valence-electron chi connectivity index (χ2n) is 2.97. The van der Waals surface area contributed by atoms with Crippen molar-refractivity contribution in [1.82, 2.24) is 10.2 Å². The molecule has 0 aliphatic heterocycles. The lowest BCUT2D eigenvalue weighted by Crippen LogP contribution is -1.97. The van der Waals surface area contributed by atoms with E-state index in [-0.39, 0.29) is 16.9 Å². The maximum Gasteiger partial charge on any atom is 0.314 e. The highest BCUT2D eigenvalue weighted by Gasteiger charge is 2.12. The van der Waals surface area contributed by atoms with E-state index in [0.717, 1.165) is 17.5 Å². The van der Waals surface area contributed by atoms with Crippen LogP contribution in [0.25, 0.3) is 11.7 Å². The zero-order chi connectivity index (χ0) is 11.5. The second-order valence-corrected chi connectivity index (χ2v) is 3.89. The van der Waals surface area contributed by atoms with Crippen LogP contribution in [-0.4, -0.2) is 27.0 Å². The minimum absolute atomic E-state index is 0.112. The summed E-state index contributed by atoms with van der Waals surface area (Å²) in [7, 11) is 0. The molecule has 0 saturated carbocycles. The number of rotatable bonds is 4. The van der Waals surface area contributed by atoms with Crippen LogP contribution in [0.2, 0.25) is 0 Å². The lowest BCUT2D eigenvalue weighted by molar-refractivity contribution is -0.133. The fourth-order valence-electron chi connectivity index (χ4n) is 1.04. The molecule has 6 nitrogen and oxygen atoms in total. The number of hydrogen-bond donors (Lipinski definition) is 1. The number of aromatic nitrogens is 2. The summed E-state index contributed by atoms with van der Waals surface area (Å²) in [5.41, 5.74) is 0. The van der Waals surface area contributed by atoms with Crippen molar-refractivity contribution in [3.8, 4) is 11.7 Å². The minimum Gasteiger partial charge on any atom is -0.481 e. The van der Waals surface area contributed by atoms with Gasteiger partial charge in [-0.2, -0.15) is 0 Å². The Morgan fingerprint density at radius 2 is 2.25 bits per heavy atom. The van der Waals surface area contributed by atoms with Gasteiger partial charge in [-0.25, -0.2) is 0 Å². The van der Waals surface area contributed by atoms with Crippen LogP contribution in [0.4, 0.5) is 0 Å². The third-order valence-corrected chi connectivity index (χ3v) is 2.48. The third kappa shape index (κ3) is 2.43. The molecule has 0 atom stereocenters. The molecule has 0 fully saturated rings. The number of furan rings is 1. The van der Waals surface area contributed by atoms with E-state index in [1.165, 1.54) is 0 Å². The minimum atomic E-state index is -0.932. The predicted octanol–water partition coefficient (Wildman–Crippen LogP) is 1.81. The summed E-state index contributed by atoms with van der Waals surface area (Å²) < 4.78 is 10.5. The summed E-state index contributed by atoms with van der Waals surface area (Å²) >= 11 is 0.969. The molecule has 0 amide bonds. The van der Waals surface area contributed by atoms with E-state index < -0.39 is 5.97 Å². The van der Waals surface area contributed by atoms with Crippen molar-refractivity contribution in [2.45, 2.75) is 12.1 Å². The van der Waals surface area contributed by atoms with E-state index in [1.54, 1.807) is 19.1 Å². The van der Waals surface area contributed by atoms with E-state index in [1.807, 2.05) is 0 Å². The summed E-state index contributed by atoms with van der Waals surface area (Å²) in [5.74, 6) is 0.429. The molecule has 0 aliphatic rings.